The summed E-state index contributed by atoms with van der Waals surface area (Å²) in [5.74, 6) is 0.554. The van der Waals surface area contributed by atoms with Gasteiger partial charge >= 0.3 is 0 Å². The van der Waals surface area contributed by atoms with Crippen LogP contribution in [0, 0.1) is 0 Å². The number of nitrogens with zero attached hydrogens (tertiary/aromatic N) is 1. The predicted octanol–water partition coefficient (Wildman–Crippen LogP) is 5.36. The number of rotatable bonds is 3. The van der Waals surface area contributed by atoms with Crippen LogP contribution in [0.25, 0.3) is 5.57 Å². The monoisotopic (exact) mass is 305 g/mol. The Morgan fingerprint density at radius 2 is 1.52 bits per heavy atom. The number of hydrogen-bond acceptors (Lipinski definition) is 1. The summed E-state index contributed by atoms with van der Waals surface area (Å²) in [6.45, 7) is 0. The number of allylic oxidation sites excluding steroid dienone is 2. The summed E-state index contributed by atoms with van der Waals surface area (Å²) in [6, 6.07) is 22.6. The zero-order valence-electron chi connectivity index (χ0n) is 14.3. The first-order valence-corrected chi connectivity index (χ1v) is 8.71. The van der Waals surface area contributed by atoms with Gasteiger partial charge in [-0.05, 0) is 56.5 Å². The highest BCUT2D eigenvalue weighted by atomic mass is 15.1. The average molecular weight is 305 g/mol. The fraction of sp³-hybridized carbons (Fsp3) is 0.364. The Kier molecular flexibility index (Phi) is 5.30. The fourth-order valence-electron chi connectivity index (χ4n) is 3.81. The molecule has 0 saturated carbocycles. The number of likely N-dealkylation sites (N-methyl/N-ethyl adjacent to an activating group) is 1. The van der Waals surface area contributed by atoms with E-state index in [1.54, 1.807) is 0 Å². The van der Waals surface area contributed by atoms with Crippen LogP contribution in [0.3, 0.4) is 0 Å². The van der Waals surface area contributed by atoms with Crippen LogP contribution in [-0.2, 0) is 0 Å². The number of benzene rings is 2. The molecule has 1 heteroatoms. The number of hydrogen-bond donors (Lipinski definition) is 0. The minimum atomic E-state index is 0.554. The first-order valence-electron chi connectivity index (χ1n) is 8.71. The molecule has 2 atom stereocenters. The van der Waals surface area contributed by atoms with Gasteiger partial charge in [-0.3, -0.25) is 0 Å². The second-order valence-corrected chi connectivity index (χ2v) is 6.78. The van der Waals surface area contributed by atoms with Gasteiger partial charge in [-0.25, -0.2) is 0 Å². The lowest BCUT2D eigenvalue weighted by atomic mass is 9.79. The molecule has 0 aliphatic heterocycles. The van der Waals surface area contributed by atoms with Gasteiger partial charge in [0.15, 0.2) is 0 Å². The van der Waals surface area contributed by atoms with E-state index in [1.165, 1.54) is 36.0 Å². The molecule has 1 aliphatic carbocycles. The molecule has 0 saturated heterocycles. The van der Waals surface area contributed by atoms with Gasteiger partial charge in [-0.2, -0.15) is 0 Å². The molecule has 2 aromatic rings. The predicted molar refractivity (Wildman–Crippen MR) is 99.5 cm³/mol. The largest absolute Gasteiger partial charge is 0.306 e. The van der Waals surface area contributed by atoms with Crippen molar-refractivity contribution >= 4 is 5.57 Å². The van der Waals surface area contributed by atoms with Crippen molar-refractivity contribution in [2.75, 3.05) is 14.1 Å². The van der Waals surface area contributed by atoms with Gasteiger partial charge in [-0.1, -0.05) is 66.7 Å². The van der Waals surface area contributed by atoms with Crippen LogP contribution in [0.2, 0.25) is 0 Å². The van der Waals surface area contributed by atoms with Crippen LogP contribution in [-0.4, -0.2) is 25.0 Å². The van der Waals surface area contributed by atoms with Gasteiger partial charge in [0, 0.05) is 12.0 Å². The third-order valence-electron chi connectivity index (χ3n) is 5.03. The summed E-state index contributed by atoms with van der Waals surface area (Å²) >= 11 is 0. The summed E-state index contributed by atoms with van der Waals surface area (Å²) < 4.78 is 0. The first-order chi connectivity index (χ1) is 11.3. The Labute approximate surface area is 140 Å². The molecule has 1 aliphatic rings. The molecule has 2 aromatic carbocycles. The summed E-state index contributed by atoms with van der Waals surface area (Å²) in [6.07, 6.45) is 7.32. The third-order valence-corrected chi connectivity index (χ3v) is 5.03. The van der Waals surface area contributed by atoms with Crippen molar-refractivity contribution in [3.8, 4) is 0 Å². The van der Waals surface area contributed by atoms with Crippen molar-refractivity contribution in [3.05, 3.63) is 77.9 Å². The van der Waals surface area contributed by atoms with E-state index in [4.69, 9.17) is 0 Å². The van der Waals surface area contributed by atoms with E-state index in [2.05, 4.69) is 85.7 Å². The standard InChI is InChI=1S/C22H27N/c1-23(2)22-16-10-9-15-20(18-11-5-3-6-12-18)17-21(22)19-13-7-4-8-14-19/h3-8,11-15,21-22H,9-10,16-17H2,1-2H3/b20-15-/t21-,22-/m1/s1. The maximum Gasteiger partial charge on any atom is 0.0161 e. The van der Waals surface area contributed by atoms with Crippen molar-refractivity contribution in [1.29, 1.82) is 0 Å². The molecule has 0 N–H and O–H groups in total. The molecule has 0 amide bonds. The molecule has 0 spiro atoms. The SMILES string of the molecule is CN(C)[C@@H]1CCC/C=C(\c2ccccc2)C[C@@H]1c1ccccc1. The maximum absolute atomic E-state index is 2.47. The van der Waals surface area contributed by atoms with Gasteiger partial charge in [-0.15, -0.1) is 0 Å². The van der Waals surface area contributed by atoms with Crippen LogP contribution < -0.4 is 0 Å². The molecule has 0 radical (unpaired) electrons. The van der Waals surface area contributed by atoms with Crippen LogP contribution >= 0.6 is 0 Å². The van der Waals surface area contributed by atoms with Gasteiger partial charge in [0.25, 0.3) is 0 Å². The molecule has 23 heavy (non-hydrogen) atoms. The molecule has 0 bridgehead atoms. The highest BCUT2D eigenvalue weighted by Gasteiger charge is 2.27. The van der Waals surface area contributed by atoms with E-state index in [-0.39, 0.29) is 0 Å². The normalized spacial score (nSPS) is 24.6. The van der Waals surface area contributed by atoms with E-state index in [0.717, 1.165) is 6.42 Å². The van der Waals surface area contributed by atoms with Crippen molar-refractivity contribution in [2.24, 2.45) is 0 Å². The molecule has 1 nitrogen and oxygen atoms in total. The zero-order valence-corrected chi connectivity index (χ0v) is 14.3. The van der Waals surface area contributed by atoms with Crippen LogP contribution in [0.4, 0.5) is 0 Å². The van der Waals surface area contributed by atoms with Crippen LogP contribution in [0.15, 0.2) is 66.7 Å². The maximum atomic E-state index is 2.47. The lowest BCUT2D eigenvalue weighted by molar-refractivity contribution is 0.234. The Bertz CT molecular complexity index is 628. The molecule has 0 fully saturated rings. The molecule has 0 unspecified atom stereocenters. The highest BCUT2D eigenvalue weighted by molar-refractivity contribution is 5.66. The lowest BCUT2D eigenvalue weighted by Crippen LogP contribution is -2.34. The van der Waals surface area contributed by atoms with Gasteiger partial charge in [0.2, 0.25) is 0 Å². The third kappa shape index (κ3) is 3.92. The van der Waals surface area contributed by atoms with Gasteiger partial charge in [0.1, 0.15) is 0 Å². The summed E-state index contributed by atoms with van der Waals surface area (Å²) in [7, 11) is 4.46. The Morgan fingerprint density at radius 3 is 2.17 bits per heavy atom. The van der Waals surface area contributed by atoms with E-state index in [0.29, 0.717) is 12.0 Å². The molecule has 0 heterocycles. The summed E-state index contributed by atoms with van der Waals surface area (Å²) in [5.41, 5.74) is 4.36. The molecular formula is C22H27N. The molecular weight excluding hydrogens is 278 g/mol. The smallest absolute Gasteiger partial charge is 0.0161 e. The summed E-state index contributed by atoms with van der Waals surface area (Å²) in [4.78, 5) is 2.42. The topological polar surface area (TPSA) is 3.24 Å². The minimum Gasteiger partial charge on any atom is -0.306 e. The van der Waals surface area contributed by atoms with E-state index in [1.807, 2.05) is 0 Å². The van der Waals surface area contributed by atoms with Crippen molar-refractivity contribution < 1.29 is 0 Å². The Morgan fingerprint density at radius 1 is 0.870 bits per heavy atom. The minimum absolute atomic E-state index is 0.554. The van der Waals surface area contributed by atoms with Crippen LogP contribution in [0.1, 0.15) is 42.7 Å². The Balaban J connectivity index is 1.96. The zero-order chi connectivity index (χ0) is 16.1. The quantitative estimate of drug-likeness (QED) is 0.738. The van der Waals surface area contributed by atoms with Gasteiger partial charge < -0.3 is 4.90 Å². The second-order valence-electron chi connectivity index (χ2n) is 6.78. The first kappa shape index (κ1) is 16.0. The van der Waals surface area contributed by atoms with Crippen molar-refractivity contribution in [1.82, 2.24) is 4.90 Å². The van der Waals surface area contributed by atoms with Gasteiger partial charge in [0.05, 0.1) is 0 Å². The van der Waals surface area contributed by atoms with E-state index >= 15 is 0 Å². The summed E-state index contributed by atoms with van der Waals surface area (Å²) in [5, 5.41) is 0. The van der Waals surface area contributed by atoms with Crippen molar-refractivity contribution in [2.45, 2.75) is 37.6 Å². The van der Waals surface area contributed by atoms with E-state index < -0.39 is 0 Å². The Hall–Kier alpha value is -1.86. The molecule has 0 aromatic heterocycles. The average Bonchev–Trinajstić information content (AvgIpc) is 2.56. The fourth-order valence-corrected chi connectivity index (χ4v) is 3.81. The second kappa shape index (κ2) is 7.61. The molecule has 120 valence electrons. The van der Waals surface area contributed by atoms with Crippen molar-refractivity contribution in [3.63, 3.8) is 0 Å². The lowest BCUT2D eigenvalue weighted by Gasteiger charge is -2.35. The van der Waals surface area contributed by atoms with E-state index in [9.17, 15) is 0 Å². The highest BCUT2D eigenvalue weighted by Crippen LogP contribution is 2.37. The van der Waals surface area contributed by atoms with Crippen LogP contribution in [0.5, 0.6) is 0 Å². The molecule has 3 rings (SSSR count).